The average molecular weight is 434 g/mol. The van der Waals surface area contributed by atoms with Gasteiger partial charge in [0.15, 0.2) is 5.13 Å². The fourth-order valence-electron chi connectivity index (χ4n) is 2.65. The number of thiophene rings is 1. The second kappa shape index (κ2) is 7.56. The van der Waals surface area contributed by atoms with Gasteiger partial charge in [-0.25, -0.2) is 4.98 Å². The minimum Gasteiger partial charge on any atom is -0.278 e. The quantitative estimate of drug-likeness (QED) is 0.383. The first kappa shape index (κ1) is 18.4. The van der Waals surface area contributed by atoms with E-state index in [1.165, 1.54) is 22.7 Å². The maximum absolute atomic E-state index is 13.3. The number of amides is 1. The van der Waals surface area contributed by atoms with Crippen LogP contribution >= 0.6 is 45.9 Å². The Balaban J connectivity index is 1.79. The number of rotatable bonds is 4. The van der Waals surface area contributed by atoms with Gasteiger partial charge in [-0.3, -0.25) is 14.7 Å². The van der Waals surface area contributed by atoms with Gasteiger partial charge in [0.1, 0.15) is 4.34 Å². The molecule has 0 aliphatic rings. The van der Waals surface area contributed by atoms with E-state index >= 15 is 0 Å². The van der Waals surface area contributed by atoms with Crippen molar-refractivity contribution in [3.63, 3.8) is 0 Å². The number of aryl methyl sites for hydroxylation is 1. The number of benzene rings is 1. The van der Waals surface area contributed by atoms with E-state index in [9.17, 15) is 4.79 Å². The monoisotopic (exact) mass is 433 g/mol. The maximum Gasteiger partial charge on any atom is 0.262 e. The molecule has 3 heterocycles. The molecule has 8 heteroatoms. The third-order valence-corrected chi connectivity index (χ3v) is 6.47. The molecule has 1 aromatic carbocycles. The maximum atomic E-state index is 13.3. The summed E-state index contributed by atoms with van der Waals surface area (Å²) in [4.78, 5) is 23.9. The van der Waals surface area contributed by atoms with Crippen LogP contribution in [0.2, 0.25) is 8.67 Å². The van der Waals surface area contributed by atoms with Gasteiger partial charge in [-0.1, -0.05) is 46.7 Å². The molecule has 0 N–H and O–H groups in total. The largest absolute Gasteiger partial charge is 0.278 e. The highest BCUT2D eigenvalue weighted by Gasteiger charge is 2.25. The summed E-state index contributed by atoms with van der Waals surface area (Å²) in [5.74, 6) is -0.246. The van der Waals surface area contributed by atoms with Crippen molar-refractivity contribution in [3.8, 4) is 0 Å². The molecule has 4 aromatic rings. The standard InChI is InChI=1S/C19H13Cl2N3OS2/c1-11-5-6-14-15(8-11)26-19(23-14)24(10-12-4-2-3-7-22-12)18(25)13-9-16(20)27-17(13)21/h2-9H,10H2,1H3. The van der Waals surface area contributed by atoms with Crippen LogP contribution in [-0.4, -0.2) is 15.9 Å². The highest BCUT2D eigenvalue weighted by Crippen LogP contribution is 2.35. The van der Waals surface area contributed by atoms with Gasteiger partial charge >= 0.3 is 0 Å². The van der Waals surface area contributed by atoms with E-state index in [1.54, 1.807) is 17.2 Å². The molecule has 3 aromatic heterocycles. The van der Waals surface area contributed by atoms with Gasteiger partial charge < -0.3 is 0 Å². The van der Waals surface area contributed by atoms with Crippen molar-refractivity contribution < 1.29 is 4.79 Å². The Morgan fingerprint density at radius 1 is 1.15 bits per heavy atom. The van der Waals surface area contributed by atoms with Gasteiger partial charge in [-0.2, -0.15) is 0 Å². The second-order valence-electron chi connectivity index (χ2n) is 5.92. The average Bonchev–Trinajstić information content (AvgIpc) is 3.22. The summed E-state index contributed by atoms with van der Waals surface area (Å²) in [6.07, 6.45) is 1.70. The predicted molar refractivity (Wildman–Crippen MR) is 113 cm³/mol. The lowest BCUT2D eigenvalue weighted by Gasteiger charge is -2.19. The fourth-order valence-corrected chi connectivity index (χ4v) is 5.16. The Hall–Kier alpha value is -1.99. The van der Waals surface area contributed by atoms with Crippen LogP contribution in [0.15, 0.2) is 48.7 Å². The van der Waals surface area contributed by atoms with Gasteiger partial charge in [0, 0.05) is 6.20 Å². The number of nitrogens with zero attached hydrogens (tertiary/aromatic N) is 3. The number of thiazole rings is 1. The zero-order chi connectivity index (χ0) is 19.0. The molecule has 0 spiro atoms. The number of hydrogen-bond acceptors (Lipinski definition) is 5. The van der Waals surface area contributed by atoms with E-state index < -0.39 is 0 Å². The molecular weight excluding hydrogens is 421 g/mol. The number of anilines is 1. The third kappa shape index (κ3) is 3.84. The zero-order valence-electron chi connectivity index (χ0n) is 14.1. The second-order valence-corrected chi connectivity index (χ2v) is 9.21. The highest BCUT2D eigenvalue weighted by atomic mass is 35.5. The van der Waals surface area contributed by atoms with Crippen LogP contribution < -0.4 is 4.90 Å². The zero-order valence-corrected chi connectivity index (χ0v) is 17.3. The molecule has 27 heavy (non-hydrogen) atoms. The fraction of sp³-hybridized carbons (Fsp3) is 0.105. The first-order valence-corrected chi connectivity index (χ1v) is 10.4. The highest BCUT2D eigenvalue weighted by molar-refractivity contribution is 7.22. The molecular formula is C19H13Cl2N3OS2. The number of aromatic nitrogens is 2. The van der Waals surface area contributed by atoms with Gasteiger partial charge in [0.25, 0.3) is 5.91 Å². The molecule has 0 aliphatic heterocycles. The summed E-state index contributed by atoms with van der Waals surface area (Å²) in [5.41, 5.74) is 3.14. The Morgan fingerprint density at radius 2 is 2.00 bits per heavy atom. The van der Waals surface area contributed by atoms with Crippen LogP contribution in [0.3, 0.4) is 0 Å². The van der Waals surface area contributed by atoms with E-state index in [-0.39, 0.29) is 5.91 Å². The third-order valence-electron chi connectivity index (χ3n) is 3.94. The number of carbonyl (C=O) groups is 1. The summed E-state index contributed by atoms with van der Waals surface area (Å²) in [6.45, 7) is 2.32. The Kier molecular flexibility index (Phi) is 5.14. The van der Waals surface area contributed by atoms with Crippen LogP contribution in [0.25, 0.3) is 10.2 Å². The van der Waals surface area contributed by atoms with E-state index in [0.717, 1.165) is 21.5 Å². The van der Waals surface area contributed by atoms with E-state index in [1.807, 2.05) is 37.3 Å². The van der Waals surface area contributed by atoms with Crippen molar-refractivity contribution in [2.75, 3.05) is 4.90 Å². The molecule has 136 valence electrons. The summed E-state index contributed by atoms with van der Waals surface area (Å²) in [5, 5.41) is 0.602. The molecule has 4 nitrogen and oxygen atoms in total. The number of carbonyl (C=O) groups excluding carboxylic acids is 1. The molecule has 0 saturated heterocycles. The SMILES string of the molecule is Cc1ccc2nc(N(Cc3ccccn3)C(=O)c3cc(Cl)sc3Cl)sc2c1. The van der Waals surface area contributed by atoms with Crippen LogP contribution in [0.5, 0.6) is 0 Å². The molecule has 1 amide bonds. The minimum absolute atomic E-state index is 0.246. The first-order valence-electron chi connectivity index (χ1n) is 8.05. The van der Waals surface area contributed by atoms with Crippen molar-refractivity contribution in [2.24, 2.45) is 0 Å². The van der Waals surface area contributed by atoms with Crippen molar-refractivity contribution in [3.05, 3.63) is 74.2 Å². The van der Waals surface area contributed by atoms with Crippen LogP contribution in [0.4, 0.5) is 5.13 Å². The first-order chi connectivity index (χ1) is 13.0. The summed E-state index contributed by atoms with van der Waals surface area (Å²) in [7, 11) is 0. The lowest BCUT2D eigenvalue weighted by molar-refractivity contribution is 0.0985. The molecule has 0 atom stereocenters. The lowest BCUT2D eigenvalue weighted by atomic mass is 10.2. The molecule has 0 unspecified atom stereocenters. The Labute approximate surface area is 174 Å². The number of hydrogen-bond donors (Lipinski definition) is 0. The Bertz CT molecular complexity index is 1120. The molecule has 0 saturated carbocycles. The van der Waals surface area contributed by atoms with Gasteiger partial charge in [0.2, 0.25) is 0 Å². The molecule has 0 bridgehead atoms. The molecule has 0 fully saturated rings. The van der Waals surface area contributed by atoms with Crippen molar-refractivity contribution in [1.29, 1.82) is 0 Å². The molecule has 0 radical (unpaired) electrons. The van der Waals surface area contributed by atoms with E-state index in [0.29, 0.717) is 25.9 Å². The molecule has 0 aliphatic carbocycles. The van der Waals surface area contributed by atoms with E-state index in [2.05, 4.69) is 16.0 Å². The van der Waals surface area contributed by atoms with Crippen LogP contribution in [-0.2, 0) is 6.54 Å². The van der Waals surface area contributed by atoms with Crippen molar-refractivity contribution >= 4 is 67.1 Å². The minimum atomic E-state index is -0.246. The number of fused-ring (bicyclic) bond motifs is 1. The van der Waals surface area contributed by atoms with Gasteiger partial charge in [-0.05, 0) is 42.8 Å². The van der Waals surface area contributed by atoms with Gasteiger partial charge in [0.05, 0.1) is 32.4 Å². The summed E-state index contributed by atoms with van der Waals surface area (Å²) >= 11 is 14.9. The van der Waals surface area contributed by atoms with Crippen LogP contribution in [0, 0.1) is 6.92 Å². The van der Waals surface area contributed by atoms with Crippen LogP contribution in [0.1, 0.15) is 21.6 Å². The molecule has 4 rings (SSSR count). The normalized spacial score (nSPS) is 11.1. The predicted octanol–water partition coefficient (Wildman–Crippen LogP) is 6.22. The lowest BCUT2D eigenvalue weighted by Crippen LogP contribution is -2.30. The van der Waals surface area contributed by atoms with Crippen molar-refractivity contribution in [1.82, 2.24) is 9.97 Å². The van der Waals surface area contributed by atoms with E-state index in [4.69, 9.17) is 23.2 Å². The number of pyridine rings is 1. The van der Waals surface area contributed by atoms with Gasteiger partial charge in [-0.15, -0.1) is 11.3 Å². The summed E-state index contributed by atoms with van der Waals surface area (Å²) in [6, 6.07) is 13.2. The smallest absolute Gasteiger partial charge is 0.262 e. The summed E-state index contributed by atoms with van der Waals surface area (Å²) < 4.78 is 1.87. The topological polar surface area (TPSA) is 46.1 Å². The number of halogens is 2. The Morgan fingerprint density at radius 3 is 2.70 bits per heavy atom. The van der Waals surface area contributed by atoms with Crippen molar-refractivity contribution in [2.45, 2.75) is 13.5 Å².